The Balaban J connectivity index is 2.20. The smallest absolute Gasteiger partial charge is 0.119 e. The van der Waals surface area contributed by atoms with Crippen LogP contribution in [0.5, 0.6) is 5.75 Å². The highest BCUT2D eigenvalue weighted by Crippen LogP contribution is 2.29. The Morgan fingerprint density at radius 2 is 1.65 bits per heavy atom. The van der Waals surface area contributed by atoms with Crippen LogP contribution in [0.2, 0.25) is 5.02 Å². The molecule has 0 radical (unpaired) electrons. The lowest BCUT2D eigenvalue weighted by Crippen LogP contribution is -2.06. The summed E-state index contributed by atoms with van der Waals surface area (Å²) in [6.45, 7) is 3.96. The number of hydrogen-bond donors (Lipinski definition) is 1. The van der Waals surface area contributed by atoms with Crippen LogP contribution in [0.4, 0.5) is 0 Å². The number of aliphatic hydroxyl groups is 1. The number of benzene rings is 2. The van der Waals surface area contributed by atoms with Crippen molar-refractivity contribution in [3.8, 4) is 5.75 Å². The molecule has 1 unspecified atom stereocenters. The molecule has 0 fully saturated rings. The summed E-state index contributed by atoms with van der Waals surface area (Å²) in [5.41, 5.74) is 1.61. The van der Waals surface area contributed by atoms with Gasteiger partial charge in [-0.1, -0.05) is 29.8 Å². The lowest BCUT2D eigenvalue weighted by Gasteiger charge is -2.14. The Bertz CT molecular complexity index is 582. The molecule has 2 aromatic rings. The SMILES string of the molecule is CC(C)Oc1ccc(C(O)c2ccc(Cl)c(Br)c2)cc1. The van der Waals surface area contributed by atoms with Crippen LogP contribution in [0.15, 0.2) is 46.9 Å². The molecule has 0 aliphatic rings. The average Bonchev–Trinajstić information content (AvgIpc) is 2.41. The molecule has 106 valence electrons. The summed E-state index contributed by atoms with van der Waals surface area (Å²) in [6, 6.07) is 12.9. The van der Waals surface area contributed by atoms with Crippen molar-refractivity contribution < 1.29 is 9.84 Å². The van der Waals surface area contributed by atoms with Gasteiger partial charge in [-0.2, -0.15) is 0 Å². The summed E-state index contributed by atoms with van der Waals surface area (Å²) in [4.78, 5) is 0. The zero-order chi connectivity index (χ0) is 14.7. The Hall–Kier alpha value is -1.03. The Labute approximate surface area is 132 Å². The molecule has 20 heavy (non-hydrogen) atoms. The molecule has 0 bridgehead atoms. The van der Waals surface area contributed by atoms with E-state index in [4.69, 9.17) is 16.3 Å². The van der Waals surface area contributed by atoms with Gasteiger partial charge in [-0.25, -0.2) is 0 Å². The van der Waals surface area contributed by atoms with Crippen molar-refractivity contribution >= 4 is 27.5 Å². The van der Waals surface area contributed by atoms with Crippen molar-refractivity contribution in [1.29, 1.82) is 0 Å². The average molecular weight is 356 g/mol. The summed E-state index contributed by atoms with van der Waals surface area (Å²) >= 11 is 9.32. The highest BCUT2D eigenvalue weighted by atomic mass is 79.9. The van der Waals surface area contributed by atoms with E-state index in [1.807, 2.05) is 50.2 Å². The molecule has 4 heteroatoms. The maximum atomic E-state index is 10.4. The zero-order valence-corrected chi connectivity index (χ0v) is 13.6. The van der Waals surface area contributed by atoms with E-state index < -0.39 is 6.10 Å². The Morgan fingerprint density at radius 3 is 2.20 bits per heavy atom. The predicted octanol–water partition coefficient (Wildman–Crippen LogP) is 4.97. The molecule has 2 nitrogen and oxygen atoms in total. The topological polar surface area (TPSA) is 29.5 Å². The number of halogens is 2. The summed E-state index contributed by atoms with van der Waals surface area (Å²) in [6.07, 6.45) is -0.547. The molecule has 0 amide bonds. The molecule has 0 spiro atoms. The lowest BCUT2D eigenvalue weighted by atomic mass is 10.0. The van der Waals surface area contributed by atoms with E-state index >= 15 is 0 Å². The van der Waals surface area contributed by atoms with E-state index in [0.29, 0.717) is 5.02 Å². The van der Waals surface area contributed by atoms with Crippen molar-refractivity contribution in [2.24, 2.45) is 0 Å². The van der Waals surface area contributed by atoms with Gasteiger partial charge in [-0.15, -0.1) is 0 Å². The van der Waals surface area contributed by atoms with Crippen molar-refractivity contribution in [3.05, 3.63) is 63.1 Å². The van der Waals surface area contributed by atoms with Crippen LogP contribution in [0, 0.1) is 0 Å². The second kappa shape index (κ2) is 6.61. The van der Waals surface area contributed by atoms with Crippen LogP contribution < -0.4 is 4.74 Å². The van der Waals surface area contributed by atoms with Gasteiger partial charge in [0.05, 0.1) is 11.1 Å². The number of hydrogen-bond acceptors (Lipinski definition) is 2. The molecule has 1 atom stereocenters. The first-order chi connectivity index (χ1) is 9.47. The first-order valence-electron chi connectivity index (χ1n) is 6.37. The fourth-order valence-electron chi connectivity index (χ4n) is 1.88. The van der Waals surface area contributed by atoms with Crippen molar-refractivity contribution in [3.63, 3.8) is 0 Å². The van der Waals surface area contributed by atoms with E-state index in [9.17, 15) is 5.11 Å². The fraction of sp³-hybridized carbons (Fsp3) is 0.250. The minimum Gasteiger partial charge on any atom is -0.491 e. The van der Waals surface area contributed by atoms with Crippen molar-refractivity contribution in [1.82, 2.24) is 0 Å². The van der Waals surface area contributed by atoms with Crippen LogP contribution in [0.25, 0.3) is 0 Å². The van der Waals surface area contributed by atoms with Gasteiger partial charge in [0.1, 0.15) is 11.9 Å². The number of rotatable bonds is 4. The second-order valence-corrected chi connectivity index (χ2v) is 6.07. The Morgan fingerprint density at radius 1 is 1.05 bits per heavy atom. The highest BCUT2D eigenvalue weighted by Gasteiger charge is 2.12. The van der Waals surface area contributed by atoms with Gasteiger partial charge in [-0.05, 0) is 65.2 Å². The summed E-state index contributed by atoms with van der Waals surface area (Å²) < 4.78 is 6.36. The van der Waals surface area contributed by atoms with Crippen LogP contribution >= 0.6 is 27.5 Å². The van der Waals surface area contributed by atoms with Gasteiger partial charge < -0.3 is 9.84 Å². The molecule has 0 aliphatic carbocycles. The second-order valence-electron chi connectivity index (χ2n) is 4.81. The molecule has 2 rings (SSSR count). The fourth-order valence-corrected chi connectivity index (χ4v) is 2.39. The minimum absolute atomic E-state index is 0.137. The molecule has 0 saturated heterocycles. The third-order valence-corrected chi connectivity index (χ3v) is 4.04. The minimum atomic E-state index is -0.684. The van der Waals surface area contributed by atoms with Gasteiger partial charge in [0, 0.05) is 4.47 Å². The standard InChI is InChI=1S/C16H16BrClO2/c1-10(2)20-13-6-3-11(4-7-13)16(19)12-5-8-15(18)14(17)9-12/h3-10,16,19H,1-2H3. The molecule has 0 heterocycles. The molecular weight excluding hydrogens is 340 g/mol. The third kappa shape index (κ3) is 3.75. The quantitative estimate of drug-likeness (QED) is 0.839. The van der Waals surface area contributed by atoms with E-state index in [2.05, 4.69) is 15.9 Å². The van der Waals surface area contributed by atoms with E-state index in [1.165, 1.54) is 0 Å². The molecular formula is C16H16BrClO2. The maximum Gasteiger partial charge on any atom is 0.119 e. The molecule has 0 saturated carbocycles. The van der Waals surface area contributed by atoms with Crippen molar-refractivity contribution in [2.75, 3.05) is 0 Å². The maximum absolute atomic E-state index is 10.4. The number of aliphatic hydroxyl groups excluding tert-OH is 1. The van der Waals surface area contributed by atoms with E-state index in [1.54, 1.807) is 6.07 Å². The zero-order valence-electron chi connectivity index (χ0n) is 11.3. The largest absolute Gasteiger partial charge is 0.491 e. The van der Waals surface area contributed by atoms with E-state index in [-0.39, 0.29) is 6.10 Å². The van der Waals surface area contributed by atoms with Crippen LogP contribution in [0.1, 0.15) is 31.1 Å². The van der Waals surface area contributed by atoms with Crippen LogP contribution in [-0.2, 0) is 0 Å². The third-order valence-electron chi connectivity index (χ3n) is 2.83. The van der Waals surface area contributed by atoms with Crippen LogP contribution in [-0.4, -0.2) is 11.2 Å². The van der Waals surface area contributed by atoms with Gasteiger partial charge in [0.25, 0.3) is 0 Å². The molecule has 0 aromatic heterocycles. The monoisotopic (exact) mass is 354 g/mol. The summed E-state index contributed by atoms with van der Waals surface area (Å²) in [5, 5.41) is 11.0. The van der Waals surface area contributed by atoms with Crippen LogP contribution in [0.3, 0.4) is 0 Å². The Kier molecular flexibility index (Phi) is 5.08. The molecule has 0 aliphatic heterocycles. The van der Waals surface area contributed by atoms with Gasteiger partial charge in [0.2, 0.25) is 0 Å². The van der Waals surface area contributed by atoms with Gasteiger partial charge in [-0.3, -0.25) is 0 Å². The first kappa shape index (κ1) is 15.4. The van der Waals surface area contributed by atoms with Gasteiger partial charge in [0.15, 0.2) is 0 Å². The van der Waals surface area contributed by atoms with Crippen molar-refractivity contribution in [2.45, 2.75) is 26.1 Å². The van der Waals surface area contributed by atoms with Gasteiger partial charge >= 0.3 is 0 Å². The summed E-state index contributed by atoms with van der Waals surface area (Å²) in [5.74, 6) is 0.799. The lowest BCUT2D eigenvalue weighted by molar-refractivity contribution is 0.219. The van der Waals surface area contributed by atoms with E-state index in [0.717, 1.165) is 21.3 Å². The number of ether oxygens (including phenoxy) is 1. The highest BCUT2D eigenvalue weighted by molar-refractivity contribution is 9.10. The first-order valence-corrected chi connectivity index (χ1v) is 7.54. The molecule has 1 N–H and O–H groups in total. The summed E-state index contributed by atoms with van der Waals surface area (Å²) in [7, 11) is 0. The normalized spacial score (nSPS) is 12.5. The molecule has 2 aromatic carbocycles. The predicted molar refractivity (Wildman–Crippen MR) is 85.4 cm³/mol.